The topological polar surface area (TPSA) is 108 Å². The number of hydrogen-bond donors (Lipinski definition) is 2. The van der Waals surface area contributed by atoms with Crippen molar-refractivity contribution in [2.45, 2.75) is 11.8 Å². The third-order valence-electron chi connectivity index (χ3n) is 4.67. The van der Waals surface area contributed by atoms with Crippen LogP contribution in [0.4, 0.5) is 5.69 Å². The molecule has 3 rings (SSSR count). The standard InChI is InChI=1S/C23H22ClN3O5S/c1-16-8-10-18(13-20(16)24)27(33(30,31)19-6-4-3-5-7-19)15-23(29)26-25-14-17-9-11-21(28)22(12-17)32-2/h3-14,28H,15H2,1-2H3,(H,26,29)/b25-14-. The van der Waals surface area contributed by atoms with Crippen LogP contribution in [0, 0.1) is 6.92 Å². The number of carbonyl (C=O) groups excluding carboxylic acids is 1. The molecule has 3 aromatic rings. The number of nitrogens with one attached hydrogen (secondary N) is 1. The number of anilines is 1. The molecule has 3 aromatic carbocycles. The molecule has 8 nitrogen and oxygen atoms in total. The molecule has 0 aliphatic rings. The van der Waals surface area contributed by atoms with Crippen LogP contribution in [0.15, 0.2) is 76.7 Å². The number of phenolic OH excluding ortho intramolecular Hbond substituents is 1. The number of rotatable bonds is 8. The van der Waals surface area contributed by atoms with Gasteiger partial charge in [-0.3, -0.25) is 9.10 Å². The fourth-order valence-corrected chi connectivity index (χ4v) is 4.50. The van der Waals surface area contributed by atoms with Gasteiger partial charge in [-0.15, -0.1) is 0 Å². The number of amides is 1. The van der Waals surface area contributed by atoms with Gasteiger partial charge in [0.2, 0.25) is 0 Å². The van der Waals surface area contributed by atoms with Crippen LogP contribution >= 0.6 is 11.6 Å². The Bertz CT molecular complexity index is 1280. The predicted molar refractivity (Wildman–Crippen MR) is 128 cm³/mol. The van der Waals surface area contributed by atoms with Gasteiger partial charge in [0.15, 0.2) is 11.5 Å². The molecule has 0 bridgehead atoms. The number of halogens is 1. The summed E-state index contributed by atoms with van der Waals surface area (Å²) >= 11 is 6.20. The molecule has 1 amide bonds. The number of aryl methyl sites for hydroxylation is 1. The first-order chi connectivity index (χ1) is 15.7. The van der Waals surface area contributed by atoms with Crippen LogP contribution < -0.4 is 14.5 Å². The first-order valence-corrected chi connectivity index (χ1v) is 11.6. The summed E-state index contributed by atoms with van der Waals surface area (Å²) in [5.41, 5.74) is 3.90. The summed E-state index contributed by atoms with van der Waals surface area (Å²) in [5, 5.41) is 13.9. The zero-order valence-electron chi connectivity index (χ0n) is 17.9. The Hall–Kier alpha value is -3.56. The number of phenols is 1. The summed E-state index contributed by atoms with van der Waals surface area (Å²) in [6, 6.07) is 17.1. The lowest BCUT2D eigenvalue weighted by Crippen LogP contribution is -2.39. The van der Waals surface area contributed by atoms with E-state index in [-0.39, 0.29) is 22.1 Å². The zero-order chi connectivity index (χ0) is 24.0. The van der Waals surface area contributed by atoms with Gasteiger partial charge >= 0.3 is 0 Å². The lowest BCUT2D eigenvalue weighted by Gasteiger charge is -2.24. The predicted octanol–water partition coefficient (Wildman–Crippen LogP) is 3.71. The second-order valence-electron chi connectivity index (χ2n) is 6.98. The number of ether oxygens (including phenoxy) is 1. The monoisotopic (exact) mass is 487 g/mol. The maximum Gasteiger partial charge on any atom is 0.264 e. The van der Waals surface area contributed by atoms with Gasteiger partial charge in [0, 0.05) is 5.02 Å². The van der Waals surface area contributed by atoms with Gasteiger partial charge in [-0.25, -0.2) is 13.8 Å². The molecule has 2 N–H and O–H groups in total. The summed E-state index contributed by atoms with van der Waals surface area (Å²) < 4.78 is 32.6. The lowest BCUT2D eigenvalue weighted by molar-refractivity contribution is -0.119. The highest BCUT2D eigenvalue weighted by molar-refractivity contribution is 7.92. The SMILES string of the molecule is COc1cc(/C=N\NC(=O)CN(c2ccc(C)c(Cl)c2)S(=O)(=O)c2ccccc2)ccc1O. The molecule has 0 saturated carbocycles. The van der Waals surface area contributed by atoms with Crippen molar-refractivity contribution < 1.29 is 23.1 Å². The van der Waals surface area contributed by atoms with Gasteiger partial charge in [0.1, 0.15) is 6.54 Å². The van der Waals surface area contributed by atoms with Gasteiger partial charge in [-0.05, 0) is 60.5 Å². The van der Waals surface area contributed by atoms with Crippen molar-refractivity contribution in [3.05, 3.63) is 82.9 Å². The molecule has 172 valence electrons. The second kappa shape index (κ2) is 10.4. The minimum atomic E-state index is -4.05. The van der Waals surface area contributed by atoms with Gasteiger partial charge < -0.3 is 9.84 Å². The fourth-order valence-electron chi connectivity index (χ4n) is 2.89. The number of benzene rings is 3. The highest BCUT2D eigenvalue weighted by atomic mass is 35.5. The van der Waals surface area contributed by atoms with E-state index in [1.165, 1.54) is 43.7 Å². The quantitative estimate of drug-likeness (QED) is 0.372. The molecule has 0 saturated heterocycles. The number of aromatic hydroxyl groups is 1. The first-order valence-electron chi connectivity index (χ1n) is 9.75. The fraction of sp³-hybridized carbons (Fsp3) is 0.130. The molecule has 0 aliphatic heterocycles. The van der Waals surface area contributed by atoms with Crippen LogP contribution in [0.25, 0.3) is 0 Å². The van der Waals surface area contributed by atoms with E-state index in [4.69, 9.17) is 16.3 Å². The third kappa shape index (κ3) is 5.82. The smallest absolute Gasteiger partial charge is 0.264 e. The molecule has 0 atom stereocenters. The second-order valence-corrected chi connectivity index (χ2v) is 9.25. The van der Waals surface area contributed by atoms with Crippen molar-refractivity contribution in [3.63, 3.8) is 0 Å². The van der Waals surface area contributed by atoms with E-state index in [0.29, 0.717) is 10.6 Å². The largest absolute Gasteiger partial charge is 0.504 e. The van der Waals surface area contributed by atoms with Crippen LogP contribution in [-0.2, 0) is 14.8 Å². The molecule has 33 heavy (non-hydrogen) atoms. The Morgan fingerprint density at radius 2 is 1.88 bits per heavy atom. The van der Waals surface area contributed by atoms with Gasteiger partial charge in [0.25, 0.3) is 15.9 Å². The van der Waals surface area contributed by atoms with E-state index in [1.54, 1.807) is 43.3 Å². The Labute approximate surface area is 197 Å². The van der Waals surface area contributed by atoms with Crippen molar-refractivity contribution in [2.24, 2.45) is 5.10 Å². The van der Waals surface area contributed by atoms with Crippen molar-refractivity contribution in [1.29, 1.82) is 0 Å². The van der Waals surface area contributed by atoms with Crippen LogP contribution in [0.3, 0.4) is 0 Å². The molecule has 0 aliphatic carbocycles. The highest BCUT2D eigenvalue weighted by Gasteiger charge is 2.27. The minimum absolute atomic E-state index is 0.0304. The maximum absolute atomic E-state index is 13.3. The van der Waals surface area contributed by atoms with E-state index in [1.807, 2.05) is 0 Å². The van der Waals surface area contributed by atoms with Crippen LogP contribution in [-0.4, -0.2) is 39.3 Å². The Morgan fingerprint density at radius 1 is 1.15 bits per heavy atom. The van der Waals surface area contributed by atoms with Crippen LogP contribution in [0.2, 0.25) is 5.02 Å². The molecular formula is C23H22ClN3O5S. The average Bonchev–Trinajstić information content (AvgIpc) is 2.81. The Kier molecular flexibility index (Phi) is 7.57. The molecule has 0 aromatic heterocycles. The molecule has 0 spiro atoms. The van der Waals surface area contributed by atoms with E-state index in [0.717, 1.165) is 9.87 Å². The molecule has 0 radical (unpaired) electrons. The zero-order valence-corrected chi connectivity index (χ0v) is 19.5. The number of carbonyl (C=O) groups is 1. The van der Waals surface area contributed by atoms with E-state index in [9.17, 15) is 18.3 Å². The van der Waals surface area contributed by atoms with Gasteiger partial charge in [0.05, 0.1) is 23.9 Å². The Morgan fingerprint density at radius 3 is 2.55 bits per heavy atom. The minimum Gasteiger partial charge on any atom is -0.504 e. The third-order valence-corrected chi connectivity index (χ3v) is 6.86. The summed E-state index contributed by atoms with van der Waals surface area (Å²) in [7, 11) is -2.64. The summed E-state index contributed by atoms with van der Waals surface area (Å²) in [6.07, 6.45) is 1.35. The van der Waals surface area contributed by atoms with Crippen molar-refractivity contribution in [2.75, 3.05) is 18.0 Å². The van der Waals surface area contributed by atoms with Crippen molar-refractivity contribution in [3.8, 4) is 11.5 Å². The summed E-state index contributed by atoms with van der Waals surface area (Å²) in [5.74, 6) is -0.438. The molecular weight excluding hydrogens is 466 g/mol. The van der Waals surface area contributed by atoms with Crippen molar-refractivity contribution >= 4 is 39.4 Å². The number of sulfonamides is 1. The summed E-state index contributed by atoms with van der Waals surface area (Å²) in [6.45, 7) is 1.27. The lowest BCUT2D eigenvalue weighted by atomic mass is 10.2. The Balaban J connectivity index is 1.84. The van der Waals surface area contributed by atoms with Gasteiger partial charge in [-0.2, -0.15) is 5.10 Å². The normalized spacial score (nSPS) is 11.4. The number of hydrogen-bond acceptors (Lipinski definition) is 6. The average molecular weight is 488 g/mol. The van der Waals surface area contributed by atoms with Crippen LogP contribution in [0.1, 0.15) is 11.1 Å². The number of hydrazone groups is 1. The molecule has 0 fully saturated rings. The number of nitrogens with zero attached hydrogens (tertiary/aromatic N) is 2. The van der Waals surface area contributed by atoms with Crippen molar-refractivity contribution in [1.82, 2.24) is 5.43 Å². The van der Waals surface area contributed by atoms with E-state index in [2.05, 4.69) is 10.5 Å². The molecule has 0 heterocycles. The highest BCUT2D eigenvalue weighted by Crippen LogP contribution is 2.28. The van der Waals surface area contributed by atoms with Gasteiger partial charge in [-0.1, -0.05) is 35.9 Å². The van der Waals surface area contributed by atoms with E-state index < -0.39 is 22.5 Å². The number of methoxy groups -OCH3 is 1. The summed E-state index contributed by atoms with van der Waals surface area (Å²) in [4.78, 5) is 12.6. The molecule has 0 unspecified atom stereocenters. The molecule has 10 heteroatoms. The van der Waals surface area contributed by atoms with Crippen LogP contribution in [0.5, 0.6) is 11.5 Å². The maximum atomic E-state index is 13.3. The van der Waals surface area contributed by atoms with E-state index >= 15 is 0 Å². The first kappa shape index (κ1) is 24.1.